The second-order valence-electron chi connectivity index (χ2n) is 10.6. The van der Waals surface area contributed by atoms with Crippen LogP contribution < -0.4 is 0 Å². The molecule has 3 heterocycles. The number of esters is 3. The topological polar surface area (TPSA) is 97.4 Å². The highest BCUT2D eigenvalue weighted by molar-refractivity contribution is 5.84. The first-order valence-corrected chi connectivity index (χ1v) is 12.5. The Morgan fingerprint density at radius 3 is 2.60 bits per heavy atom. The van der Waals surface area contributed by atoms with E-state index in [-0.39, 0.29) is 43.7 Å². The van der Waals surface area contributed by atoms with Gasteiger partial charge in [-0.05, 0) is 32.1 Å². The smallest absolute Gasteiger partial charge is 0.331 e. The minimum atomic E-state index is -0.638. The predicted molar refractivity (Wildman–Crippen MR) is 126 cm³/mol. The molecular weight excluding hydrogens is 452 g/mol. The number of ether oxygens (including phenoxy) is 5. The van der Waals surface area contributed by atoms with Crippen molar-refractivity contribution in [1.29, 1.82) is 0 Å². The third kappa shape index (κ3) is 5.54. The minimum Gasteiger partial charge on any atom is -0.465 e. The fraction of sp³-hybridized carbons (Fsp3) is 0.667. The largest absolute Gasteiger partial charge is 0.465 e. The number of cyclic esters (lactones) is 2. The van der Waals surface area contributed by atoms with Crippen LogP contribution in [0.2, 0.25) is 0 Å². The number of hydrogen-bond donors (Lipinski definition) is 0. The lowest BCUT2D eigenvalue weighted by Gasteiger charge is -2.54. The van der Waals surface area contributed by atoms with Crippen LogP contribution in [0, 0.1) is 16.7 Å². The monoisotopic (exact) mass is 488 g/mol. The average molecular weight is 489 g/mol. The molecule has 1 aliphatic carbocycles. The lowest BCUT2D eigenvalue weighted by Crippen LogP contribution is -2.59. The number of carbonyl (C=O) groups excluding carboxylic acids is 3. The third-order valence-electron chi connectivity index (χ3n) is 8.01. The Kier molecular flexibility index (Phi) is 7.81. The molecule has 6 atom stereocenters. The molecule has 192 valence electrons. The van der Waals surface area contributed by atoms with Crippen LogP contribution in [0.1, 0.15) is 52.9 Å². The van der Waals surface area contributed by atoms with Gasteiger partial charge in [-0.3, -0.25) is 4.79 Å². The van der Waals surface area contributed by atoms with Gasteiger partial charge in [-0.25, -0.2) is 9.59 Å². The quantitative estimate of drug-likeness (QED) is 0.291. The fourth-order valence-corrected chi connectivity index (χ4v) is 5.68. The van der Waals surface area contributed by atoms with Crippen LogP contribution in [-0.2, 0) is 38.1 Å². The molecule has 0 aromatic heterocycles. The molecule has 0 aromatic carbocycles. The highest BCUT2D eigenvalue weighted by Crippen LogP contribution is 2.57. The molecule has 4 rings (SSSR count). The van der Waals surface area contributed by atoms with Crippen molar-refractivity contribution in [3.8, 4) is 0 Å². The van der Waals surface area contributed by atoms with E-state index in [4.69, 9.17) is 23.7 Å². The van der Waals surface area contributed by atoms with E-state index in [0.29, 0.717) is 26.1 Å². The van der Waals surface area contributed by atoms with Crippen LogP contribution >= 0.6 is 0 Å². The first-order chi connectivity index (χ1) is 16.7. The van der Waals surface area contributed by atoms with Gasteiger partial charge in [-0.15, -0.1) is 0 Å². The Balaban J connectivity index is 1.70. The van der Waals surface area contributed by atoms with Crippen molar-refractivity contribution >= 4 is 17.9 Å². The van der Waals surface area contributed by atoms with E-state index in [1.165, 1.54) is 29.9 Å². The second-order valence-corrected chi connectivity index (χ2v) is 10.6. The summed E-state index contributed by atoms with van der Waals surface area (Å²) < 4.78 is 29.7. The number of carbonyl (C=O) groups is 3. The molecule has 0 radical (unpaired) electrons. The fourth-order valence-electron chi connectivity index (χ4n) is 5.68. The summed E-state index contributed by atoms with van der Waals surface area (Å²) >= 11 is 0. The van der Waals surface area contributed by atoms with E-state index >= 15 is 0 Å². The van der Waals surface area contributed by atoms with Crippen molar-refractivity contribution in [2.45, 2.75) is 71.2 Å². The number of rotatable bonds is 0. The molecule has 0 aromatic rings. The molecule has 0 N–H and O–H groups in total. The van der Waals surface area contributed by atoms with Crippen molar-refractivity contribution in [2.24, 2.45) is 16.7 Å². The van der Waals surface area contributed by atoms with Crippen molar-refractivity contribution in [1.82, 2.24) is 0 Å². The maximum absolute atomic E-state index is 12.8. The SMILES string of the molecule is CC1=C[C@H]2O[C@H]3COC[C@]4(C)[C@@H](C3)OC(=O)/C=C\C=C\C(=O)OCC[C@@H](C)CC(=O)OC[C@]24CC1. The molecule has 4 aliphatic rings. The average Bonchev–Trinajstić information content (AvgIpc) is 3.00. The zero-order chi connectivity index (χ0) is 25.1. The highest BCUT2D eigenvalue weighted by atomic mass is 16.6. The van der Waals surface area contributed by atoms with Gasteiger partial charge in [0.15, 0.2) is 0 Å². The lowest BCUT2D eigenvalue weighted by atomic mass is 9.55. The second kappa shape index (κ2) is 10.7. The van der Waals surface area contributed by atoms with Gasteiger partial charge in [-0.2, -0.15) is 0 Å². The maximum atomic E-state index is 12.8. The summed E-state index contributed by atoms with van der Waals surface area (Å²) in [5.41, 5.74) is -0.00111. The van der Waals surface area contributed by atoms with E-state index in [9.17, 15) is 14.4 Å². The summed E-state index contributed by atoms with van der Waals surface area (Å²) in [5.74, 6) is -1.33. The Labute approximate surface area is 206 Å². The molecule has 8 nitrogen and oxygen atoms in total. The van der Waals surface area contributed by atoms with Crippen LogP contribution in [0.15, 0.2) is 36.0 Å². The van der Waals surface area contributed by atoms with Crippen LogP contribution in [0.25, 0.3) is 0 Å². The zero-order valence-corrected chi connectivity index (χ0v) is 20.8. The van der Waals surface area contributed by atoms with Crippen molar-refractivity contribution in [3.63, 3.8) is 0 Å². The number of fused-ring (bicyclic) bond motifs is 1. The maximum Gasteiger partial charge on any atom is 0.331 e. The number of hydrogen-bond acceptors (Lipinski definition) is 8. The molecular formula is C27H36O8. The standard InChI is InChI=1S/C27H36O8/c1-18-8-10-27-17-33-25(30)13-19(2)9-11-32-23(28)6-4-5-7-24(29)35-21-14-20(34-22(27)12-18)15-31-16-26(21,27)3/h4-7,12,19-22H,8-11,13-17H2,1-3H3/b6-4+,7-5-/t19-,20-,21-,22-,26-,27-/m1/s1. The molecule has 4 bridgehead atoms. The third-order valence-corrected chi connectivity index (χ3v) is 8.01. The predicted octanol–water partition coefficient (Wildman–Crippen LogP) is 3.45. The van der Waals surface area contributed by atoms with Gasteiger partial charge in [-0.1, -0.05) is 37.6 Å². The molecule has 0 saturated carbocycles. The van der Waals surface area contributed by atoms with E-state index in [1.54, 1.807) is 0 Å². The van der Waals surface area contributed by atoms with Gasteiger partial charge in [0, 0.05) is 35.8 Å². The van der Waals surface area contributed by atoms with Gasteiger partial charge in [0.1, 0.15) is 12.7 Å². The number of allylic oxidation sites excluding steroid dienone is 3. The van der Waals surface area contributed by atoms with Gasteiger partial charge in [0.05, 0.1) is 32.0 Å². The van der Waals surface area contributed by atoms with Crippen LogP contribution in [-0.4, -0.2) is 62.6 Å². The zero-order valence-electron chi connectivity index (χ0n) is 20.8. The Morgan fingerprint density at radius 1 is 1.03 bits per heavy atom. The van der Waals surface area contributed by atoms with Gasteiger partial charge >= 0.3 is 17.9 Å². The first kappa shape index (κ1) is 25.6. The Morgan fingerprint density at radius 2 is 1.80 bits per heavy atom. The van der Waals surface area contributed by atoms with Gasteiger partial charge < -0.3 is 23.7 Å². The summed E-state index contributed by atoms with van der Waals surface area (Å²) in [7, 11) is 0. The molecule has 2 fully saturated rings. The van der Waals surface area contributed by atoms with Gasteiger partial charge in [0.2, 0.25) is 0 Å². The molecule has 2 saturated heterocycles. The lowest BCUT2D eigenvalue weighted by molar-refractivity contribution is -0.204. The van der Waals surface area contributed by atoms with E-state index in [1.807, 2.05) is 6.92 Å². The molecule has 0 amide bonds. The minimum absolute atomic E-state index is 0.00285. The van der Waals surface area contributed by atoms with Crippen LogP contribution in [0.3, 0.4) is 0 Å². The summed E-state index contributed by atoms with van der Waals surface area (Å²) in [6, 6.07) is 0. The van der Waals surface area contributed by atoms with E-state index in [2.05, 4.69) is 19.9 Å². The van der Waals surface area contributed by atoms with Crippen LogP contribution in [0.5, 0.6) is 0 Å². The van der Waals surface area contributed by atoms with E-state index in [0.717, 1.165) is 12.8 Å². The van der Waals surface area contributed by atoms with Gasteiger partial charge in [0.25, 0.3) is 0 Å². The summed E-state index contributed by atoms with van der Waals surface area (Å²) in [6.07, 6.45) is 9.46. The molecule has 1 spiro atoms. The van der Waals surface area contributed by atoms with Crippen LogP contribution in [0.4, 0.5) is 0 Å². The molecule has 35 heavy (non-hydrogen) atoms. The summed E-state index contributed by atoms with van der Waals surface area (Å²) in [5, 5.41) is 0. The van der Waals surface area contributed by atoms with E-state index < -0.39 is 28.9 Å². The Hall–Kier alpha value is -2.45. The normalized spacial score (nSPS) is 40.9. The summed E-state index contributed by atoms with van der Waals surface area (Å²) in [6.45, 7) is 7.24. The molecule has 0 unspecified atom stereocenters. The molecule has 3 aliphatic heterocycles. The van der Waals surface area contributed by atoms with Crippen molar-refractivity contribution in [3.05, 3.63) is 36.0 Å². The van der Waals surface area contributed by atoms with Crippen molar-refractivity contribution < 1.29 is 38.1 Å². The highest BCUT2D eigenvalue weighted by Gasteiger charge is 2.63. The Bertz CT molecular complexity index is 920. The van der Waals surface area contributed by atoms with Crippen molar-refractivity contribution in [2.75, 3.05) is 26.4 Å². The first-order valence-electron chi connectivity index (χ1n) is 12.5. The summed E-state index contributed by atoms with van der Waals surface area (Å²) in [4.78, 5) is 37.5. The molecule has 8 heteroatoms.